The molecule has 1 aliphatic rings. The number of hydrogen-bond donors (Lipinski definition) is 2. The number of aliphatic hydroxyl groups excluding tert-OH is 1. The molecule has 0 saturated carbocycles. The maximum Gasteiger partial charge on any atom is 0.241 e. The molecule has 0 bridgehead atoms. The third-order valence-electron chi connectivity index (χ3n) is 4.97. The van der Waals surface area contributed by atoms with Crippen molar-refractivity contribution in [3.63, 3.8) is 0 Å². The molecule has 6 nitrogen and oxygen atoms in total. The quantitative estimate of drug-likeness (QED) is 0.666. The van der Waals surface area contributed by atoms with Crippen molar-refractivity contribution < 1.29 is 14.6 Å². The normalized spacial score (nSPS) is 17.7. The lowest BCUT2D eigenvalue weighted by Gasteiger charge is -2.35. The van der Waals surface area contributed by atoms with Gasteiger partial charge in [0.25, 0.3) is 0 Å². The van der Waals surface area contributed by atoms with Crippen LogP contribution in [0.2, 0.25) is 10.0 Å². The van der Waals surface area contributed by atoms with Gasteiger partial charge < -0.3 is 15.2 Å². The molecular formula is C22H23Cl2N3O3. The maximum atomic E-state index is 12.8. The van der Waals surface area contributed by atoms with E-state index in [1.54, 1.807) is 42.5 Å². The summed E-state index contributed by atoms with van der Waals surface area (Å²) in [6, 6.07) is 13.4. The van der Waals surface area contributed by atoms with E-state index in [-0.39, 0.29) is 18.6 Å². The molecule has 30 heavy (non-hydrogen) atoms. The highest BCUT2D eigenvalue weighted by atomic mass is 35.5. The van der Waals surface area contributed by atoms with Crippen LogP contribution in [0.25, 0.3) is 0 Å². The third kappa shape index (κ3) is 6.10. The molecule has 1 aliphatic heterocycles. The van der Waals surface area contributed by atoms with E-state index < -0.39 is 6.10 Å². The fraction of sp³-hybridized carbons (Fsp3) is 0.364. The summed E-state index contributed by atoms with van der Waals surface area (Å²) in [4.78, 5) is 14.8. The summed E-state index contributed by atoms with van der Waals surface area (Å²) in [6.07, 6.45) is 1.89. The number of hydrogen-bond acceptors (Lipinski definition) is 5. The van der Waals surface area contributed by atoms with Gasteiger partial charge in [-0.05, 0) is 61.9 Å². The molecule has 0 spiro atoms. The number of aliphatic hydroxyl groups is 1. The Kier molecular flexibility index (Phi) is 7.94. The van der Waals surface area contributed by atoms with Crippen molar-refractivity contribution in [2.45, 2.75) is 31.4 Å². The first-order valence-electron chi connectivity index (χ1n) is 9.77. The Morgan fingerprint density at radius 2 is 2.00 bits per heavy atom. The highest BCUT2D eigenvalue weighted by Crippen LogP contribution is 2.26. The molecule has 1 heterocycles. The molecule has 2 N–H and O–H groups in total. The van der Waals surface area contributed by atoms with Crippen molar-refractivity contribution in [2.75, 3.05) is 25.0 Å². The summed E-state index contributed by atoms with van der Waals surface area (Å²) in [7, 11) is 0. The van der Waals surface area contributed by atoms with Gasteiger partial charge in [-0.3, -0.25) is 9.69 Å². The highest BCUT2D eigenvalue weighted by molar-refractivity contribution is 6.42. The van der Waals surface area contributed by atoms with Gasteiger partial charge in [0.15, 0.2) is 0 Å². The van der Waals surface area contributed by atoms with Gasteiger partial charge in [-0.1, -0.05) is 29.6 Å². The first-order chi connectivity index (χ1) is 14.5. The van der Waals surface area contributed by atoms with Crippen LogP contribution in [0, 0.1) is 11.3 Å². The number of likely N-dealkylation sites (tertiary alicyclic amines) is 1. The van der Waals surface area contributed by atoms with Crippen LogP contribution in [-0.2, 0) is 4.79 Å². The van der Waals surface area contributed by atoms with Gasteiger partial charge in [0.05, 0.1) is 27.7 Å². The molecule has 2 aromatic carbocycles. The number of piperidine rings is 1. The smallest absolute Gasteiger partial charge is 0.241 e. The number of nitrogens with one attached hydrogen (secondary N) is 1. The molecule has 2 aromatic rings. The Morgan fingerprint density at radius 3 is 2.70 bits per heavy atom. The van der Waals surface area contributed by atoms with Crippen LogP contribution in [0.3, 0.4) is 0 Å². The number of ether oxygens (including phenoxy) is 1. The van der Waals surface area contributed by atoms with Crippen molar-refractivity contribution in [3.05, 3.63) is 58.1 Å². The molecule has 2 atom stereocenters. The van der Waals surface area contributed by atoms with Crippen molar-refractivity contribution in [1.82, 2.24) is 4.90 Å². The average Bonchev–Trinajstić information content (AvgIpc) is 2.75. The molecule has 8 heteroatoms. The Hall–Kier alpha value is -2.30. The molecule has 1 amide bonds. The Bertz CT molecular complexity index is 915. The number of carbonyl (C=O) groups is 1. The summed E-state index contributed by atoms with van der Waals surface area (Å²) in [5.74, 6) is 0.453. The average molecular weight is 448 g/mol. The molecular weight excluding hydrogens is 425 g/mol. The van der Waals surface area contributed by atoms with E-state index in [1.807, 2.05) is 11.0 Å². The summed E-state index contributed by atoms with van der Waals surface area (Å²) in [5.41, 5.74) is 1.14. The van der Waals surface area contributed by atoms with E-state index in [9.17, 15) is 9.90 Å². The second-order valence-corrected chi connectivity index (χ2v) is 8.04. The molecule has 0 aromatic heterocycles. The topological polar surface area (TPSA) is 85.6 Å². The Morgan fingerprint density at radius 1 is 1.23 bits per heavy atom. The van der Waals surface area contributed by atoms with Crippen LogP contribution in [0.1, 0.15) is 24.8 Å². The van der Waals surface area contributed by atoms with Gasteiger partial charge in [-0.2, -0.15) is 5.26 Å². The predicted octanol–water partition coefficient (Wildman–Crippen LogP) is 4.10. The van der Waals surface area contributed by atoms with Crippen LogP contribution in [0.15, 0.2) is 42.5 Å². The summed E-state index contributed by atoms with van der Waals surface area (Å²) >= 11 is 12.0. The van der Waals surface area contributed by atoms with E-state index in [0.717, 1.165) is 25.8 Å². The monoisotopic (exact) mass is 447 g/mol. The Balaban J connectivity index is 1.55. The zero-order chi connectivity index (χ0) is 21.5. The van der Waals surface area contributed by atoms with Gasteiger partial charge in [0, 0.05) is 12.2 Å². The van der Waals surface area contributed by atoms with Crippen molar-refractivity contribution in [1.29, 1.82) is 5.26 Å². The molecule has 3 rings (SSSR count). The number of benzene rings is 2. The number of carbonyl (C=O) groups excluding carboxylic acids is 1. The van der Waals surface area contributed by atoms with Gasteiger partial charge in [-0.15, -0.1) is 0 Å². The number of nitrogens with zero attached hydrogens (tertiary/aromatic N) is 2. The fourth-order valence-electron chi connectivity index (χ4n) is 3.45. The molecule has 158 valence electrons. The van der Waals surface area contributed by atoms with Crippen molar-refractivity contribution in [2.24, 2.45) is 0 Å². The largest absolute Gasteiger partial charge is 0.491 e. The summed E-state index contributed by atoms with van der Waals surface area (Å²) < 4.78 is 5.61. The second kappa shape index (κ2) is 10.6. The number of β-amino-alcohol motifs (C(OH)–C–C–N with tert-alkyl or cyclic N) is 1. The third-order valence-corrected chi connectivity index (χ3v) is 5.71. The van der Waals surface area contributed by atoms with Gasteiger partial charge in [0.1, 0.15) is 18.5 Å². The number of amides is 1. The molecule has 0 aliphatic carbocycles. The zero-order valence-corrected chi connectivity index (χ0v) is 17.9. The van der Waals surface area contributed by atoms with E-state index in [2.05, 4.69) is 5.32 Å². The maximum absolute atomic E-state index is 12.8. The fourth-order valence-corrected chi connectivity index (χ4v) is 3.75. The lowest BCUT2D eigenvalue weighted by atomic mass is 10.0. The summed E-state index contributed by atoms with van der Waals surface area (Å²) in [6.45, 7) is 1.16. The molecule has 1 fully saturated rings. The van der Waals surface area contributed by atoms with Gasteiger partial charge >= 0.3 is 0 Å². The number of nitriles is 1. The number of halogens is 2. The van der Waals surface area contributed by atoms with Crippen LogP contribution in [0.4, 0.5) is 5.69 Å². The minimum Gasteiger partial charge on any atom is -0.491 e. The van der Waals surface area contributed by atoms with Crippen LogP contribution >= 0.6 is 23.2 Å². The minimum absolute atomic E-state index is 0.101. The number of rotatable bonds is 7. The van der Waals surface area contributed by atoms with Gasteiger partial charge in [0.2, 0.25) is 5.91 Å². The predicted molar refractivity (Wildman–Crippen MR) is 117 cm³/mol. The summed E-state index contributed by atoms with van der Waals surface area (Å²) in [5, 5.41) is 23.0. The molecule has 0 radical (unpaired) electrons. The van der Waals surface area contributed by atoms with E-state index >= 15 is 0 Å². The van der Waals surface area contributed by atoms with E-state index in [1.165, 1.54) is 0 Å². The van der Waals surface area contributed by atoms with Crippen LogP contribution in [-0.4, -0.2) is 47.8 Å². The first-order valence-corrected chi connectivity index (χ1v) is 10.5. The van der Waals surface area contributed by atoms with Crippen molar-refractivity contribution >= 4 is 34.8 Å². The van der Waals surface area contributed by atoms with E-state index in [4.69, 9.17) is 33.2 Å². The first kappa shape index (κ1) is 22.4. The highest BCUT2D eigenvalue weighted by Gasteiger charge is 2.30. The molecule has 2 unspecified atom stereocenters. The van der Waals surface area contributed by atoms with Gasteiger partial charge in [-0.25, -0.2) is 0 Å². The van der Waals surface area contributed by atoms with E-state index in [0.29, 0.717) is 33.6 Å². The molecule has 1 saturated heterocycles. The minimum atomic E-state index is -0.751. The van der Waals surface area contributed by atoms with Crippen LogP contribution in [0.5, 0.6) is 5.75 Å². The number of anilines is 1. The Labute approximate surface area is 186 Å². The standard InChI is InChI=1S/C22H23Cl2N3O3/c23-19-9-6-16(11-20(19)24)26-22(29)21-3-1-2-10-27(21)13-17(28)14-30-18-7-4-15(12-25)5-8-18/h4-9,11,17,21,28H,1-3,10,13-14H2,(H,26,29). The lowest BCUT2D eigenvalue weighted by molar-refractivity contribution is -0.123. The SMILES string of the molecule is N#Cc1ccc(OCC(O)CN2CCCCC2C(=O)Nc2ccc(Cl)c(Cl)c2)cc1. The lowest BCUT2D eigenvalue weighted by Crippen LogP contribution is -2.50. The zero-order valence-electron chi connectivity index (χ0n) is 16.4. The van der Waals surface area contributed by atoms with Crippen LogP contribution < -0.4 is 10.1 Å². The second-order valence-electron chi connectivity index (χ2n) is 7.23. The van der Waals surface area contributed by atoms with Crippen molar-refractivity contribution in [3.8, 4) is 11.8 Å².